The minimum atomic E-state index is -0.478. The molecule has 45 heavy (non-hydrogen) atoms. The molecule has 3 heteroatoms. The first-order valence-electron chi connectivity index (χ1n) is 15.2. The van der Waals surface area contributed by atoms with Crippen LogP contribution in [0.4, 0.5) is 0 Å². The molecular weight excluding hydrogens is 548 g/mol. The lowest BCUT2D eigenvalue weighted by Gasteiger charge is -2.30. The third-order valence-electron chi connectivity index (χ3n) is 9.40. The molecule has 0 saturated heterocycles. The van der Waals surface area contributed by atoms with Gasteiger partial charge in [0.25, 0.3) is 0 Å². The molecule has 5 aromatic carbocycles. The predicted octanol–water partition coefficient (Wildman–Crippen LogP) is 9.39. The minimum absolute atomic E-state index is 0.0319. The molecule has 0 bridgehead atoms. The van der Waals surface area contributed by atoms with E-state index in [1.807, 2.05) is 79.1 Å². The van der Waals surface area contributed by atoms with E-state index in [2.05, 4.69) is 78.9 Å². The minimum Gasteiger partial charge on any atom is -0.289 e. The van der Waals surface area contributed by atoms with Crippen molar-refractivity contribution < 1.29 is 4.79 Å². The summed E-state index contributed by atoms with van der Waals surface area (Å²) in [4.78, 5) is 22.6. The zero-order chi connectivity index (χ0) is 30.0. The number of rotatable bonds is 4. The first-order valence-corrected chi connectivity index (χ1v) is 15.2. The van der Waals surface area contributed by atoms with Crippen molar-refractivity contribution in [3.8, 4) is 44.8 Å². The smallest absolute Gasteiger partial charge is 0.193 e. The summed E-state index contributed by atoms with van der Waals surface area (Å²) in [7, 11) is 0. The van der Waals surface area contributed by atoms with Crippen LogP contribution in [0, 0.1) is 0 Å². The highest BCUT2D eigenvalue weighted by molar-refractivity contribution is 6.09. The fraction of sp³-hybridized carbons (Fsp3) is 0.0238. The van der Waals surface area contributed by atoms with Gasteiger partial charge in [-0.15, -0.1) is 0 Å². The number of benzene rings is 5. The van der Waals surface area contributed by atoms with Crippen LogP contribution in [-0.4, -0.2) is 15.8 Å². The number of ketones is 1. The second-order valence-electron chi connectivity index (χ2n) is 11.7. The Balaban J connectivity index is 1.16. The molecule has 0 N–H and O–H groups in total. The Morgan fingerprint density at radius 3 is 1.71 bits per heavy atom. The van der Waals surface area contributed by atoms with Crippen LogP contribution in [0.5, 0.6) is 0 Å². The van der Waals surface area contributed by atoms with E-state index in [9.17, 15) is 4.79 Å². The number of hydrogen-bond donors (Lipinski definition) is 0. The number of carbonyl (C=O) groups excluding carboxylic acids is 1. The van der Waals surface area contributed by atoms with E-state index in [0.717, 1.165) is 33.6 Å². The molecule has 2 aliphatic rings. The van der Waals surface area contributed by atoms with Gasteiger partial charge in [-0.25, -0.2) is 0 Å². The molecule has 2 heterocycles. The molecule has 3 nitrogen and oxygen atoms in total. The van der Waals surface area contributed by atoms with Crippen molar-refractivity contribution in [2.45, 2.75) is 5.41 Å². The highest BCUT2D eigenvalue weighted by atomic mass is 16.1. The number of fused-ring (bicyclic) bond motifs is 10. The molecule has 9 rings (SSSR count). The van der Waals surface area contributed by atoms with Gasteiger partial charge < -0.3 is 0 Å². The Hall–Kier alpha value is -5.93. The molecule has 7 aromatic rings. The molecule has 0 saturated carbocycles. The van der Waals surface area contributed by atoms with Gasteiger partial charge in [-0.2, -0.15) is 0 Å². The van der Waals surface area contributed by atoms with E-state index in [1.54, 1.807) is 0 Å². The highest BCUT2D eigenvalue weighted by Gasteiger charge is 2.52. The first-order chi connectivity index (χ1) is 22.2. The van der Waals surface area contributed by atoms with Crippen LogP contribution in [0.25, 0.3) is 44.8 Å². The highest BCUT2D eigenvalue weighted by Crippen LogP contribution is 2.62. The lowest BCUT2D eigenvalue weighted by atomic mass is 9.70. The summed E-state index contributed by atoms with van der Waals surface area (Å²) in [5.41, 5.74) is 14.7. The van der Waals surface area contributed by atoms with Crippen LogP contribution < -0.4 is 0 Å². The van der Waals surface area contributed by atoms with Crippen LogP contribution in [0.2, 0.25) is 0 Å². The summed E-state index contributed by atoms with van der Waals surface area (Å²) in [6.07, 6.45) is 3.73. The molecule has 0 radical (unpaired) electrons. The van der Waals surface area contributed by atoms with Gasteiger partial charge in [0.15, 0.2) is 5.78 Å². The molecule has 0 unspecified atom stereocenters. The van der Waals surface area contributed by atoms with Crippen molar-refractivity contribution >= 4 is 5.78 Å². The van der Waals surface area contributed by atoms with Gasteiger partial charge in [0, 0.05) is 23.5 Å². The zero-order valence-corrected chi connectivity index (χ0v) is 24.3. The topological polar surface area (TPSA) is 42.9 Å². The van der Waals surface area contributed by atoms with Gasteiger partial charge in [-0.05, 0) is 79.9 Å². The number of carbonyl (C=O) groups is 1. The Bertz CT molecular complexity index is 2220. The third kappa shape index (κ3) is 3.68. The maximum absolute atomic E-state index is 13.0. The van der Waals surface area contributed by atoms with Crippen molar-refractivity contribution in [3.63, 3.8) is 0 Å². The van der Waals surface area contributed by atoms with E-state index in [-0.39, 0.29) is 5.78 Å². The molecule has 0 amide bonds. The molecule has 2 aliphatic carbocycles. The second-order valence-corrected chi connectivity index (χ2v) is 11.7. The summed E-state index contributed by atoms with van der Waals surface area (Å²) in [6, 6.07) is 50.2. The Morgan fingerprint density at radius 2 is 0.978 bits per heavy atom. The van der Waals surface area contributed by atoms with Gasteiger partial charge in [-0.1, -0.05) is 121 Å². The number of pyridine rings is 2. The molecule has 0 aliphatic heterocycles. The quantitative estimate of drug-likeness (QED) is 0.197. The third-order valence-corrected chi connectivity index (χ3v) is 9.40. The van der Waals surface area contributed by atoms with E-state index >= 15 is 0 Å². The predicted molar refractivity (Wildman–Crippen MR) is 179 cm³/mol. The van der Waals surface area contributed by atoms with Crippen LogP contribution >= 0.6 is 0 Å². The van der Waals surface area contributed by atoms with Gasteiger partial charge in [-0.3, -0.25) is 14.8 Å². The Kier molecular flexibility index (Phi) is 5.56. The standard InChI is InChI=1S/C42H26N2O/c45-41(28-9-2-1-3-10-28)29-19-17-27(18-20-29)30-11-6-12-31(25-30)32-21-22-34-33-13-4-5-14-35(33)42(38(34)26-32)36-15-7-23-43-39(36)40-37(42)16-8-24-44-40/h1-26H. The Labute approximate surface area is 261 Å². The van der Waals surface area contributed by atoms with Crippen molar-refractivity contribution in [1.82, 2.24) is 9.97 Å². The van der Waals surface area contributed by atoms with E-state index in [0.29, 0.717) is 11.1 Å². The average Bonchev–Trinajstić information content (AvgIpc) is 3.59. The van der Waals surface area contributed by atoms with Crippen molar-refractivity contribution in [1.29, 1.82) is 0 Å². The van der Waals surface area contributed by atoms with Crippen molar-refractivity contribution in [2.24, 2.45) is 0 Å². The maximum Gasteiger partial charge on any atom is 0.193 e. The number of nitrogens with zero attached hydrogens (tertiary/aromatic N) is 2. The summed E-state index contributed by atoms with van der Waals surface area (Å²) in [5, 5.41) is 0. The van der Waals surface area contributed by atoms with Crippen molar-refractivity contribution in [2.75, 3.05) is 0 Å². The summed E-state index contributed by atoms with van der Waals surface area (Å²) >= 11 is 0. The number of aromatic nitrogens is 2. The van der Waals surface area contributed by atoms with E-state index in [4.69, 9.17) is 9.97 Å². The van der Waals surface area contributed by atoms with Gasteiger partial charge in [0.05, 0.1) is 16.8 Å². The van der Waals surface area contributed by atoms with E-state index in [1.165, 1.54) is 33.4 Å². The molecule has 0 atom stereocenters. The normalized spacial score (nSPS) is 13.2. The summed E-state index contributed by atoms with van der Waals surface area (Å²) in [5.74, 6) is 0.0319. The second kappa shape index (κ2) is 9.80. The SMILES string of the molecule is O=C(c1ccccc1)c1ccc(-c2cccc(-c3ccc4c(c3)C3(c5ccccc5-4)c4cccnc4-c4ncccc43)c2)cc1. The van der Waals surface area contributed by atoms with Crippen LogP contribution in [-0.2, 0) is 5.41 Å². The monoisotopic (exact) mass is 574 g/mol. The molecular formula is C42H26N2O. The fourth-order valence-electron chi connectivity index (χ4n) is 7.43. The van der Waals surface area contributed by atoms with Gasteiger partial charge in [0.1, 0.15) is 0 Å². The summed E-state index contributed by atoms with van der Waals surface area (Å²) < 4.78 is 0. The van der Waals surface area contributed by atoms with Crippen molar-refractivity contribution in [3.05, 3.63) is 191 Å². The molecule has 0 fully saturated rings. The summed E-state index contributed by atoms with van der Waals surface area (Å²) in [6.45, 7) is 0. The molecule has 2 aromatic heterocycles. The first kappa shape index (κ1) is 25.6. The maximum atomic E-state index is 13.0. The number of hydrogen-bond acceptors (Lipinski definition) is 3. The van der Waals surface area contributed by atoms with Gasteiger partial charge >= 0.3 is 0 Å². The fourth-order valence-corrected chi connectivity index (χ4v) is 7.43. The van der Waals surface area contributed by atoms with Crippen LogP contribution in [0.3, 0.4) is 0 Å². The molecule has 210 valence electrons. The lowest BCUT2D eigenvalue weighted by Crippen LogP contribution is -2.26. The zero-order valence-electron chi connectivity index (χ0n) is 24.3. The van der Waals surface area contributed by atoms with E-state index < -0.39 is 5.41 Å². The largest absolute Gasteiger partial charge is 0.289 e. The lowest BCUT2D eigenvalue weighted by molar-refractivity contribution is 0.103. The molecule has 1 spiro atoms. The average molecular weight is 575 g/mol. The Morgan fingerprint density at radius 1 is 0.422 bits per heavy atom. The van der Waals surface area contributed by atoms with Crippen LogP contribution in [0.1, 0.15) is 38.2 Å². The van der Waals surface area contributed by atoms with Gasteiger partial charge in [0.2, 0.25) is 0 Å². The van der Waals surface area contributed by atoms with Crippen LogP contribution in [0.15, 0.2) is 158 Å².